The quantitative estimate of drug-likeness (QED) is 0.432. The van der Waals surface area contributed by atoms with Gasteiger partial charge in [0.15, 0.2) is 0 Å². The minimum absolute atomic E-state index is 0.0954. The molecule has 0 aromatic rings. The van der Waals surface area contributed by atoms with Gasteiger partial charge in [-0.25, -0.2) is 0 Å². The van der Waals surface area contributed by atoms with E-state index in [-0.39, 0.29) is 12.6 Å². The molecule has 0 aliphatic heterocycles. The van der Waals surface area contributed by atoms with E-state index >= 15 is 0 Å². The average molecular weight is 224 g/mol. The summed E-state index contributed by atoms with van der Waals surface area (Å²) in [7, 11) is 0.376. The lowest BCUT2D eigenvalue weighted by Gasteiger charge is -2.14. The van der Waals surface area contributed by atoms with Crippen molar-refractivity contribution < 1.29 is 12.6 Å². The summed E-state index contributed by atoms with van der Waals surface area (Å²) < 4.78 is 26.1. The summed E-state index contributed by atoms with van der Waals surface area (Å²) in [6.45, 7) is 1.14. The van der Waals surface area contributed by atoms with Gasteiger partial charge >= 0.3 is 0 Å². The summed E-state index contributed by atoms with van der Waals surface area (Å²) in [5.74, 6) is 0. The van der Waals surface area contributed by atoms with Crippen LogP contribution in [0.5, 0.6) is 0 Å². The van der Waals surface area contributed by atoms with E-state index in [1.54, 1.807) is 7.05 Å². The molecule has 0 amide bonds. The van der Waals surface area contributed by atoms with Gasteiger partial charge in [-0.1, -0.05) is 0 Å². The van der Waals surface area contributed by atoms with E-state index in [4.69, 9.17) is 4.18 Å². The van der Waals surface area contributed by atoms with Gasteiger partial charge in [0.05, 0.1) is 12.9 Å². The van der Waals surface area contributed by atoms with E-state index < -0.39 is 10.1 Å². The van der Waals surface area contributed by atoms with Crippen LogP contribution in [0.2, 0.25) is 0 Å². The first-order chi connectivity index (χ1) is 6.49. The zero-order valence-corrected chi connectivity index (χ0v) is 9.86. The molecule has 0 aliphatic carbocycles. The minimum Gasteiger partial charge on any atom is -0.320 e. The van der Waals surface area contributed by atoms with E-state index in [9.17, 15) is 8.42 Å². The number of hydrogen-bond donors (Lipinski definition) is 2. The van der Waals surface area contributed by atoms with E-state index in [1.165, 1.54) is 0 Å². The van der Waals surface area contributed by atoms with Crippen molar-refractivity contribution in [2.45, 2.75) is 18.9 Å². The third kappa shape index (κ3) is 8.43. The summed E-state index contributed by atoms with van der Waals surface area (Å²) in [5, 5.41) is 6.05. The maximum atomic E-state index is 10.7. The van der Waals surface area contributed by atoms with Crippen LogP contribution in [0.25, 0.3) is 0 Å². The van der Waals surface area contributed by atoms with Crippen LogP contribution < -0.4 is 10.6 Å². The molecule has 0 saturated carbocycles. The Hall–Kier alpha value is -0.170. The van der Waals surface area contributed by atoms with Crippen molar-refractivity contribution in [3.8, 4) is 0 Å². The number of rotatable bonds is 8. The number of likely N-dealkylation sites (N-methyl/N-ethyl adjacent to an activating group) is 1. The Bertz CT molecular complexity index is 229. The SMILES string of the molecule is CNCCC[C@@H](COS(C)(=O)=O)NC. The fourth-order valence-electron chi connectivity index (χ4n) is 1.04. The highest BCUT2D eigenvalue weighted by atomic mass is 32.2. The largest absolute Gasteiger partial charge is 0.320 e. The molecular formula is C8H20N2O3S. The Morgan fingerprint density at radius 3 is 2.43 bits per heavy atom. The smallest absolute Gasteiger partial charge is 0.264 e. The second-order valence-corrected chi connectivity index (χ2v) is 4.86. The molecule has 2 N–H and O–H groups in total. The van der Waals surface area contributed by atoms with Crippen molar-refractivity contribution in [2.75, 3.05) is 33.5 Å². The Labute approximate surface area is 86.3 Å². The molecule has 0 fully saturated rings. The van der Waals surface area contributed by atoms with Crippen molar-refractivity contribution in [2.24, 2.45) is 0 Å². The van der Waals surface area contributed by atoms with Crippen LogP contribution in [0.1, 0.15) is 12.8 Å². The van der Waals surface area contributed by atoms with Gasteiger partial charge in [0.25, 0.3) is 10.1 Å². The molecule has 14 heavy (non-hydrogen) atoms. The first kappa shape index (κ1) is 13.8. The molecule has 0 bridgehead atoms. The molecule has 1 atom stereocenters. The summed E-state index contributed by atoms with van der Waals surface area (Å²) in [6, 6.07) is 0.0954. The third-order valence-corrected chi connectivity index (χ3v) is 2.44. The van der Waals surface area contributed by atoms with Crippen molar-refractivity contribution >= 4 is 10.1 Å². The van der Waals surface area contributed by atoms with Crippen LogP contribution in [0.3, 0.4) is 0 Å². The topological polar surface area (TPSA) is 67.4 Å². The standard InChI is InChI=1S/C8H20N2O3S/c1-9-6-4-5-8(10-2)7-13-14(3,11)12/h8-10H,4-7H2,1-3H3/t8-/m0/s1. The molecule has 5 nitrogen and oxygen atoms in total. The van der Waals surface area contributed by atoms with Crippen LogP contribution >= 0.6 is 0 Å². The maximum Gasteiger partial charge on any atom is 0.264 e. The minimum atomic E-state index is -3.32. The second kappa shape index (κ2) is 7.17. The molecular weight excluding hydrogens is 204 g/mol. The Morgan fingerprint density at radius 2 is 2.00 bits per heavy atom. The van der Waals surface area contributed by atoms with Gasteiger partial charge in [0, 0.05) is 6.04 Å². The molecule has 0 spiro atoms. The van der Waals surface area contributed by atoms with Crippen LogP contribution in [0, 0.1) is 0 Å². The number of nitrogens with one attached hydrogen (secondary N) is 2. The molecule has 0 aliphatic rings. The lowest BCUT2D eigenvalue weighted by Crippen LogP contribution is -2.32. The molecule has 0 aromatic heterocycles. The van der Waals surface area contributed by atoms with Gasteiger partial charge in [-0.15, -0.1) is 0 Å². The van der Waals surface area contributed by atoms with Gasteiger partial charge in [0.1, 0.15) is 0 Å². The summed E-state index contributed by atoms with van der Waals surface area (Å²) in [5.41, 5.74) is 0. The second-order valence-electron chi connectivity index (χ2n) is 3.22. The third-order valence-electron chi connectivity index (χ3n) is 1.87. The highest BCUT2D eigenvalue weighted by Gasteiger charge is 2.09. The molecule has 0 saturated heterocycles. The van der Waals surface area contributed by atoms with Gasteiger partial charge < -0.3 is 10.6 Å². The average Bonchev–Trinajstić information content (AvgIpc) is 2.09. The van der Waals surface area contributed by atoms with Crippen molar-refractivity contribution in [3.63, 3.8) is 0 Å². The predicted octanol–water partition coefficient (Wildman–Crippen LogP) is -0.450. The highest BCUT2D eigenvalue weighted by Crippen LogP contribution is 1.99. The highest BCUT2D eigenvalue weighted by molar-refractivity contribution is 7.85. The van der Waals surface area contributed by atoms with Crippen molar-refractivity contribution in [3.05, 3.63) is 0 Å². The first-order valence-corrected chi connectivity index (χ1v) is 6.47. The van der Waals surface area contributed by atoms with Crippen molar-refractivity contribution in [1.82, 2.24) is 10.6 Å². The first-order valence-electron chi connectivity index (χ1n) is 4.66. The monoisotopic (exact) mass is 224 g/mol. The van der Waals surface area contributed by atoms with Crippen LogP contribution in [0.15, 0.2) is 0 Å². The van der Waals surface area contributed by atoms with Gasteiger partial charge in [-0.3, -0.25) is 4.18 Å². The lowest BCUT2D eigenvalue weighted by atomic mass is 10.2. The summed E-state index contributed by atoms with van der Waals surface area (Å²) in [4.78, 5) is 0. The Balaban J connectivity index is 3.69. The van der Waals surface area contributed by atoms with Gasteiger partial charge in [-0.05, 0) is 33.5 Å². The van der Waals surface area contributed by atoms with Gasteiger partial charge in [0.2, 0.25) is 0 Å². The fraction of sp³-hybridized carbons (Fsp3) is 1.00. The molecule has 0 heterocycles. The Morgan fingerprint density at radius 1 is 1.36 bits per heavy atom. The summed E-state index contributed by atoms with van der Waals surface area (Å²) in [6.07, 6.45) is 2.95. The molecule has 0 aromatic carbocycles. The summed E-state index contributed by atoms with van der Waals surface area (Å²) >= 11 is 0. The van der Waals surface area contributed by atoms with E-state index in [1.807, 2.05) is 7.05 Å². The normalized spacial score (nSPS) is 14.2. The molecule has 0 radical (unpaired) electrons. The van der Waals surface area contributed by atoms with Crippen molar-refractivity contribution in [1.29, 1.82) is 0 Å². The van der Waals surface area contributed by atoms with Crippen LogP contribution in [-0.2, 0) is 14.3 Å². The predicted molar refractivity (Wildman–Crippen MR) is 56.8 cm³/mol. The van der Waals surface area contributed by atoms with E-state index in [0.29, 0.717) is 0 Å². The Kier molecular flexibility index (Phi) is 7.08. The molecule has 86 valence electrons. The van der Waals surface area contributed by atoms with Crippen LogP contribution in [0.4, 0.5) is 0 Å². The van der Waals surface area contributed by atoms with E-state index in [2.05, 4.69) is 10.6 Å². The molecule has 0 unspecified atom stereocenters. The van der Waals surface area contributed by atoms with E-state index in [0.717, 1.165) is 25.6 Å². The lowest BCUT2D eigenvalue weighted by molar-refractivity contribution is 0.268. The molecule has 6 heteroatoms. The maximum absolute atomic E-state index is 10.7. The van der Waals surface area contributed by atoms with Gasteiger partial charge in [-0.2, -0.15) is 8.42 Å². The fourth-order valence-corrected chi connectivity index (χ4v) is 1.45. The zero-order chi connectivity index (χ0) is 11.0. The van der Waals surface area contributed by atoms with Crippen LogP contribution in [-0.4, -0.2) is 48.0 Å². The zero-order valence-electron chi connectivity index (χ0n) is 9.04. The molecule has 0 rings (SSSR count). The number of hydrogen-bond acceptors (Lipinski definition) is 5.